The van der Waals surface area contributed by atoms with Gasteiger partial charge in [0.05, 0.1) is 23.1 Å². The van der Waals surface area contributed by atoms with Crippen molar-refractivity contribution >= 4 is 33.7 Å². The van der Waals surface area contributed by atoms with E-state index in [-0.39, 0.29) is 0 Å². The zero-order valence-corrected chi connectivity index (χ0v) is 32.1. The van der Waals surface area contributed by atoms with Gasteiger partial charge in [-0.15, -0.1) is 0 Å². The number of nitrogens with one attached hydrogen (secondary N) is 1. The molecular formula is C44H45N7O3. The summed E-state index contributed by atoms with van der Waals surface area (Å²) in [5.74, 6) is 1.69. The largest absolute Gasteiger partial charge is 0.364 e. The first-order valence-electron chi connectivity index (χ1n) is 18.2. The summed E-state index contributed by atoms with van der Waals surface area (Å²) >= 11 is 0. The van der Waals surface area contributed by atoms with Crippen LogP contribution < -0.4 is 9.80 Å². The van der Waals surface area contributed by atoms with E-state index >= 15 is 0 Å². The molecule has 8 rings (SSSR count). The fourth-order valence-electron chi connectivity index (χ4n) is 7.16. The van der Waals surface area contributed by atoms with Crippen LogP contribution in [0.3, 0.4) is 0 Å². The number of aromatic nitrogens is 5. The summed E-state index contributed by atoms with van der Waals surface area (Å²) in [7, 11) is 0. The van der Waals surface area contributed by atoms with Crippen molar-refractivity contribution in [2.75, 3.05) is 22.9 Å². The number of rotatable bonds is 9. The Labute approximate surface area is 315 Å². The predicted octanol–water partition coefficient (Wildman–Crippen LogP) is 11.4. The highest BCUT2D eigenvalue weighted by atomic mass is 16.5. The molecule has 0 bridgehead atoms. The lowest BCUT2D eigenvalue weighted by Crippen LogP contribution is -2.17. The predicted molar refractivity (Wildman–Crippen MR) is 216 cm³/mol. The molecule has 0 aliphatic carbocycles. The van der Waals surface area contributed by atoms with Crippen LogP contribution in [0.2, 0.25) is 0 Å². The van der Waals surface area contributed by atoms with Gasteiger partial charge in [-0.2, -0.15) is 5.10 Å². The number of aryl methyl sites for hydroxylation is 6. The Bertz CT molecular complexity index is 2470. The number of H-pyrrole nitrogens is 1. The number of hydrogen-bond acceptors (Lipinski definition) is 9. The molecule has 8 aromatic rings. The van der Waals surface area contributed by atoms with Gasteiger partial charge in [-0.1, -0.05) is 51.9 Å². The molecule has 4 heterocycles. The average Bonchev–Trinajstić information content (AvgIpc) is 4.00. The zero-order chi connectivity index (χ0) is 37.9. The lowest BCUT2D eigenvalue weighted by Gasteiger charge is -2.26. The van der Waals surface area contributed by atoms with Gasteiger partial charge in [-0.05, 0) is 120 Å². The Hall–Kier alpha value is -6.42. The van der Waals surface area contributed by atoms with Crippen LogP contribution in [0.15, 0.2) is 111 Å². The van der Waals surface area contributed by atoms with Crippen molar-refractivity contribution in [2.45, 2.75) is 55.4 Å². The second-order valence-electron chi connectivity index (χ2n) is 13.5. The maximum atomic E-state index is 5.36. The summed E-state index contributed by atoms with van der Waals surface area (Å²) in [5, 5.41) is 20.4. The number of hydrogen-bond donors (Lipinski definition) is 1. The normalized spacial score (nSPS) is 11.1. The summed E-state index contributed by atoms with van der Waals surface area (Å²) in [6.07, 6.45) is 3.45. The van der Waals surface area contributed by atoms with E-state index in [1.807, 2.05) is 40.0 Å². The Balaban J connectivity index is 0.000000167. The molecule has 10 heteroatoms. The summed E-state index contributed by atoms with van der Waals surface area (Å²) < 4.78 is 15.7. The fourth-order valence-corrected chi connectivity index (χ4v) is 7.16. The van der Waals surface area contributed by atoms with Crippen molar-refractivity contribution in [3.8, 4) is 33.5 Å². The first kappa shape index (κ1) is 36.0. The second kappa shape index (κ2) is 15.3. The molecule has 0 spiro atoms. The van der Waals surface area contributed by atoms with Gasteiger partial charge < -0.3 is 23.4 Å². The molecule has 0 atom stereocenters. The van der Waals surface area contributed by atoms with E-state index in [9.17, 15) is 0 Å². The number of fused-ring (bicyclic) bond motifs is 1. The Morgan fingerprint density at radius 1 is 0.574 bits per heavy atom. The molecule has 4 aromatic heterocycles. The van der Waals surface area contributed by atoms with Crippen LogP contribution in [-0.4, -0.2) is 38.8 Å². The highest BCUT2D eigenvalue weighted by Crippen LogP contribution is 2.37. The third-order valence-corrected chi connectivity index (χ3v) is 9.92. The molecule has 0 saturated carbocycles. The van der Waals surface area contributed by atoms with Crippen LogP contribution in [0.25, 0.3) is 44.4 Å². The van der Waals surface area contributed by atoms with Gasteiger partial charge >= 0.3 is 0 Å². The van der Waals surface area contributed by atoms with Gasteiger partial charge in [-0.25, -0.2) is 0 Å². The second-order valence-corrected chi connectivity index (χ2v) is 13.5. The Kier molecular flexibility index (Phi) is 10.2. The van der Waals surface area contributed by atoms with Gasteiger partial charge in [-0.3, -0.25) is 5.10 Å². The first-order valence-corrected chi connectivity index (χ1v) is 18.2. The van der Waals surface area contributed by atoms with Gasteiger partial charge in [0, 0.05) is 64.0 Å². The molecule has 0 aliphatic heterocycles. The van der Waals surface area contributed by atoms with Crippen molar-refractivity contribution in [3.05, 3.63) is 131 Å². The van der Waals surface area contributed by atoms with Crippen LogP contribution in [0.4, 0.5) is 22.7 Å². The van der Waals surface area contributed by atoms with E-state index in [4.69, 9.17) is 13.6 Å². The standard InChI is InChI=1S/C23H23N3O2.C21H22N4O/c1-5-26(20-10-8-18(9-11-20)21-12-13-27-25-21)22-14-19(7-6-15(22)2)23-16(3)24-28-17(23)4;1-5-25(18-8-9-19-17(10-18)12-22-23-19)20-11-16(7-6-13(20)2)21-14(3)24-26-15(21)4/h6-14H,5H2,1-4H3;6-12H,5H2,1-4H3,(H,22,23). The van der Waals surface area contributed by atoms with E-state index in [2.05, 4.69) is 142 Å². The van der Waals surface area contributed by atoms with Crippen LogP contribution in [0, 0.1) is 41.5 Å². The molecule has 10 nitrogen and oxygen atoms in total. The molecule has 54 heavy (non-hydrogen) atoms. The van der Waals surface area contributed by atoms with Crippen molar-refractivity contribution in [2.24, 2.45) is 0 Å². The summed E-state index contributed by atoms with van der Waals surface area (Å²) in [6.45, 7) is 18.2. The van der Waals surface area contributed by atoms with Gasteiger partial charge in [0.1, 0.15) is 23.5 Å². The van der Waals surface area contributed by atoms with Gasteiger partial charge in [0.25, 0.3) is 0 Å². The summed E-state index contributed by atoms with van der Waals surface area (Å²) in [5.41, 5.74) is 16.2. The van der Waals surface area contributed by atoms with Gasteiger partial charge in [0.15, 0.2) is 0 Å². The van der Waals surface area contributed by atoms with Crippen LogP contribution >= 0.6 is 0 Å². The topological polar surface area (TPSA) is 113 Å². The number of benzene rings is 4. The van der Waals surface area contributed by atoms with Gasteiger partial charge in [0.2, 0.25) is 0 Å². The number of aromatic amines is 1. The van der Waals surface area contributed by atoms with Crippen molar-refractivity contribution in [3.63, 3.8) is 0 Å². The quantitative estimate of drug-likeness (QED) is 0.156. The third kappa shape index (κ3) is 7.02. The van der Waals surface area contributed by atoms with E-state index in [0.717, 1.165) is 91.8 Å². The lowest BCUT2D eigenvalue weighted by atomic mass is 10.0. The van der Waals surface area contributed by atoms with Crippen molar-refractivity contribution in [1.29, 1.82) is 0 Å². The monoisotopic (exact) mass is 719 g/mol. The molecule has 274 valence electrons. The molecule has 0 radical (unpaired) electrons. The summed E-state index contributed by atoms with van der Waals surface area (Å²) in [4.78, 5) is 4.63. The molecule has 1 N–H and O–H groups in total. The molecular weight excluding hydrogens is 675 g/mol. The van der Waals surface area contributed by atoms with E-state index in [1.165, 1.54) is 22.5 Å². The minimum absolute atomic E-state index is 0.839. The van der Waals surface area contributed by atoms with E-state index in [0.29, 0.717) is 0 Å². The SMILES string of the molecule is CCN(c1ccc(-c2ccon2)cc1)c1cc(-c2c(C)noc2C)ccc1C.CCN(c1ccc2[nH]ncc2c1)c1cc(-c2c(C)noc2C)ccc1C. The van der Waals surface area contributed by atoms with Crippen LogP contribution in [0.1, 0.15) is 47.9 Å². The van der Waals surface area contributed by atoms with Crippen LogP contribution in [0.5, 0.6) is 0 Å². The third-order valence-electron chi connectivity index (χ3n) is 9.92. The number of anilines is 4. The highest BCUT2D eigenvalue weighted by molar-refractivity contribution is 5.85. The minimum Gasteiger partial charge on any atom is -0.364 e. The maximum absolute atomic E-state index is 5.36. The Morgan fingerprint density at radius 3 is 1.61 bits per heavy atom. The maximum Gasteiger partial charge on any atom is 0.141 e. The zero-order valence-electron chi connectivity index (χ0n) is 32.1. The highest BCUT2D eigenvalue weighted by Gasteiger charge is 2.18. The lowest BCUT2D eigenvalue weighted by molar-refractivity contribution is 0.393. The van der Waals surface area contributed by atoms with Crippen molar-refractivity contribution in [1.82, 2.24) is 25.7 Å². The average molecular weight is 720 g/mol. The van der Waals surface area contributed by atoms with Crippen molar-refractivity contribution < 1.29 is 13.6 Å². The fraction of sp³-hybridized carbons (Fsp3) is 0.227. The molecule has 0 unspecified atom stereocenters. The molecule has 4 aromatic carbocycles. The Morgan fingerprint density at radius 2 is 1.11 bits per heavy atom. The van der Waals surface area contributed by atoms with E-state index in [1.54, 1.807) is 6.26 Å². The first-order chi connectivity index (χ1) is 26.2. The van der Waals surface area contributed by atoms with E-state index < -0.39 is 0 Å². The minimum atomic E-state index is 0.839. The smallest absolute Gasteiger partial charge is 0.141 e. The molecule has 0 fully saturated rings. The number of nitrogens with zero attached hydrogens (tertiary/aromatic N) is 6. The molecule has 0 aliphatic rings. The molecule has 0 amide bonds. The molecule has 0 saturated heterocycles. The summed E-state index contributed by atoms with van der Waals surface area (Å²) in [6, 6.07) is 29.7. The van der Waals surface area contributed by atoms with Crippen LogP contribution in [-0.2, 0) is 0 Å².